The molecular weight excluding hydrogens is 362 g/mol. The molecule has 0 atom stereocenters. The van der Waals surface area contributed by atoms with Gasteiger partial charge in [-0.25, -0.2) is 4.98 Å². The summed E-state index contributed by atoms with van der Waals surface area (Å²) < 4.78 is 0. The lowest BCUT2D eigenvalue weighted by Gasteiger charge is -2.35. The number of piperazine rings is 1. The summed E-state index contributed by atoms with van der Waals surface area (Å²) >= 11 is 0. The summed E-state index contributed by atoms with van der Waals surface area (Å²) in [6.07, 6.45) is 1.94. The summed E-state index contributed by atoms with van der Waals surface area (Å²) in [6.45, 7) is 3.85. The van der Waals surface area contributed by atoms with Crippen molar-refractivity contribution in [3.63, 3.8) is 0 Å². The van der Waals surface area contributed by atoms with Crippen LogP contribution in [0.5, 0.6) is 0 Å². The van der Waals surface area contributed by atoms with Crippen molar-refractivity contribution in [2.24, 2.45) is 0 Å². The number of benzene rings is 1. The molecule has 0 bridgehead atoms. The van der Waals surface area contributed by atoms with Gasteiger partial charge >= 0.3 is 0 Å². The van der Waals surface area contributed by atoms with Crippen molar-refractivity contribution in [3.05, 3.63) is 72.1 Å². The number of nitrogens with one attached hydrogen (secondary N) is 1. The van der Waals surface area contributed by atoms with Crippen molar-refractivity contribution < 1.29 is 4.79 Å². The largest absolute Gasteiger partial charge is 0.353 e. The van der Waals surface area contributed by atoms with Crippen LogP contribution in [-0.2, 0) is 6.54 Å². The first-order chi connectivity index (χ1) is 14.1. The van der Waals surface area contributed by atoms with E-state index in [1.54, 1.807) is 0 Å². The molecule has 4 rings (SSSR count). The highest BCUT2D eigenvalue weighted by atomic mass is 16.2. The molecule has 1 aliphatic heterocycles. The molecular formula is C23H27N5O. The van der Waals surface area contributed by atoms with E-state index in [-0.39, 0.29) is 5.91 Å². The number of carbonyl (C=O) groups is 1. The molecule has 2 aromatic heterocycles. The molecule has 0 unspecified atom stereocenters. The molecule has 6 heteroatoms. The molecule has 150 valence electrons. The minimum Gasteiger partial charge on any atom is -0.353 e. The van der Waals surface area contributed by atoms with Gasteiger partial charge in [-0.05, 0) is 43.4 Å². The molecule has 6 nitrogen and oxygen atoms in total. The van der Waals surface area contributed by atoms with Crippen LogP contribution in [-0.4, -0.2) is 65.9 Å². The standard InChI is InChI=1S/C23H27N5O/c1-26(2)17-18-8-11-22(24-16-18)27-12-14-28(15-13-27)23(29)21-10-9-20(25-21)19-6-4-3-5-7-19/h3-11,16,25H,12-15,17H2,1-2H3. The number of amides is 1. The molecule has 1 amide bonds. The number of hydrogen-bond donors (Lipinski definition) is 1. The lowest BCUT2D eigenvalue weighted by atomic mass is 10.2. The van der Waals surface area contributed by atoms with Crippen molar-refractivity contribution in [2.45, 2.75) is 6.54 Å². The third-order valence-electron chi connectivity index (χ3n) is 5.20. The number of nitrogens with zero attached hydrogens (tertiary/aromatic N) is 4. The van der Waals surface area contributed by atoms with Gasteiger partial charge in [0.2, 0.25) is 0 Å². The minimum atomic E-state index is 0.0566. The van der Waals surface area contributed by atoms with Gasteiger partial charge < -0.3 is 19.7 Å². The molecule has 0 saturated carbocycles. The van der Waals surface area contributed by atoms with Crippen LogP contribution in [0.15, 0.2) is 60.8 Å². The predicted octanol–water partition coefficient (Wildman–Crippen LogP) is 3.10. The van der Waals surface area contributed by atoms with Crippen molar-refractivity contribution >= 4 is 11.7 Å². The Morgan fingerprint density at radius 3 is 2.41 bits per heavy atom. The number of H-pyrrole nitrogens is 1. The molecule has 1 saturated heterocycles. The second-order valence-corrected chi connectivity index (χ2v) is 7.69. The zero-order valence-corrected chi connectivity index (χ0v) is 17.0. The fraction of sp³-hybridized carbons (Fsp3) is 0.304. The first kappa shape index (κ1) is 19.2. The van der Waals surface area contributed by atoms with E-state index in [2.05, 4.69) is 46.0 Å². The van der Waals surface area contributed by atoms with Crippen LogP contribution >= 0.6 is 0 Å². The van der Waals surface area contributed by atoms with Crippen LogP contribution in [0.25, 0.3) is 11.3 Å². The van der Waals surface area contributed by atoms with E-state index in [9.17, 15) is 4.79 Å². The lowest BCUT2D eigenvalue weighted by molar-refractivity contribution is 0.0741. The van der Waals surface area contributed by atoms with Gasteiger partial charge in [-0.3, -0.25) is 4.79 Å². The van der Waals surface area contributed by atoms with E-state index in [0.29, 0.717) is 18.8 Å². The Balaban J connectivity index is 1.36. The van der Waals surface area contributed by atoms with Gasteiger partial charge in [0.05, 0.1) is 0 Å². The topological polar surface area (TPSA) is 55.5 Å². The molecule has 1 aliphatic rings. The van der Waals surface area contributed by atoms with Crippen LogP contribution in [0.4, 0.5) is 5.82 Å². The maximum absolute atomic E-state index is 12.9. The normalized spacial score (nSPS) is 14.4. The molecule has 3 aromatic rings. The van der Waals surface area contributed by atoms with Crippen molar-refractivity contribution in [3.8, 4) is 11.3 Å². The van der Waals surface area contributed by atoms with Crippen LogP contribution in [0.2, 0.25) is 0 Å². The Kier molecular flexibility index (Phi) is 5.62. The average molecular weight is 390 g/mol. The molecule has 1 aromatic carbocycles. The summed E-state index contributed by atoms with van der Waals surface area (Å²) in [6, 6.07) is 18.1. The highest BCUT2D eigenvalue weighted by Crippen LogP contribution is 2.20. The molecule has 0 radical (unpaired) electrons. The first-order valence-electron chi connectivity index (χ1n) is 9.98. The molecule has 0 spiro atoms. The average Bonchev–Trinajstić information content (AvgIpc) is 3.24. The second kappa shape index (κ2) is 8.49. The van der Waals surface area contributed by atoms with Gasteiger partial charge in [0.25, 0.3) is 5.91 Å². The fourth-order valence-electron chi connectivity index (χ4n) is 3.68. The first-order valence-corrected chi connectivity index (χ1v) is 9.98. The van der Waals surface area contributed by atoms with Crippen LogP contribution < -0.4 is 4.90 Å². The lowest BCUT2D eigenvalue weighted by Crippen LogP contribution is -2.49. The molecule has 3 heterocycles. The number of hydrogen-bond acceptors (Lipinski definition) is 4. The van der Waals surface area contributed by atoms with Gasteiger partial charge in [-0.15, -0.1) is 0 Å². The van der Waals surface area contributed by atoms with Gasteiger partial charge in [0, 0.05) is 44.6 Å². The summed E-state index contributed by atoms with van der Waals surface area (Å²) in [5.41, 5.74) is 3.90. The number of pyridine rings is 1. The number of carbonyl (C=O) groups excluding carboxylic acids is 1. The maximum atomic E-state index is 12.9. The van der Waals surface area contributed by atoms with Gasteiger partial charge in [-0.1, -0.05) is 36.4 Å². The van der Waals surface area contributed by atoms with Crippen molar-refractivity contribution in [1.82, 2.24) is 19.8 Å². The Hall–Kier alpha value is -3.12. The van der Waals surface area contributed by atoms with Gasteiger partial charge in [0.15, 0.2) is 0 Å². The summed E-state index contributed by atoms with van der Waals surface area (Å²) in [5, 5.41) is 0. The van der Waals surface area contributed by atoms with E-state index in [4.69, 9.17) is 0 Å². The number of aromatic amines is 1. The quantitative estimate of drug-likeness (QED) is 0.729. The van der Waals surface area contributed by atoms with Crippen molar-refractivity contribution in [2.75, 3.05) is 45.2 Å². The van der Waals surface area contributed by atoms with E-state index >= 15 is 0 Å². The summed E-state index contributed by atoms with van der Waals surface area (Å²) in [5.74, 6) is 1.03. The summed E-state index contributed by atoms with van der Waals surface area (Å²) in [7, 11) is 4.11. The third kappa shape index (κ3) is 4.49. The zero-order valence-electron chi connectivity index (χ0n) is 17.0. The number of rotatable bonds is 5. The Morgan fingerprint density at radius 2 is 1.76 bits per heavy atom. The summed E-state index contributed by atoms with van der Waals surface area (Å²) in [4.78, 5) is 27.1. The number of aromatic nitrogens is 2. The molecule has 1 fully saturated rings. The zero-order chi connectivity index (χ0) is 20.2. The predicted molar refractivity (Wildman–Crippen MR) is 116 cm³/mol. The van der Waals surface area contributed by atoms with Crippen LogP contribution in [0.3, 0.4) is 0 Å². The highest BCUT2D eigenvalue weighted by Gasteiger charge is 2.23. The van der Waals surface area contributed by atoms with Crippen LogP contribution in [0.1, 0.15) is 16.1 Å². The molecule has 1 N–H and O–H groups in total. The van der Waals surface area contributed by atoms with E-state index in [1.165, 1.54) is 5.56 Å². The Bertz CT molecular complexity index is 941. The highest BCUT2D eigenvalue weighted by molar-refractivity contribution is 5.93. The Labute approximate surface area is 171 Å². The number of anilines is 1. The van der Waals surface area contributed by atoms with Gasteiger partial charge in [0.1, 0.15) is 11.5 Å². The van der Waals surface area contributed by atoms with E-state index in [0.717, 1.165) is 36.7 Å². The third-order valence-corrected chi connectivity index (χ3v) is 5.20. The molecule has 0 aliphatic carbocycles. The van der Waals surface area contributed by atoms with Gasteiger partial charge in [-0.2, -0.15) is 0 Å². The Morgan fingerprint density at radius 1 is 1.00 bits per heavy atom. The SMILES string of the molecule is CN(C)Cc1ccc(N2CCN(C(=O)c3ccc(-c4ccccc4)[nH]3)CC2)nc1. The van der Waals surface area contributed by atoms with Crippen LogP contribution in [0, 0.1) is 0 Å². The maximum Gasteiger partial charge on any atom is 0.270 e. The monoisotopic (exact) mass is 389 g/mol. The minimum absolute atomic E-state index is 0.0566. The van der Waals surface area contributed by atoms with E-state index < -0.39 is 0 Å². The fourth-order valence-corrected chi connectivity index (χ4v) is 3.68. The smallest absolute Gasteiger partial charge is 0.270 e. The molecule has 29 heavy (non-hydrogen) atoms. The second-order valence-electron chi connectivity index (χ2n) is 7.69. The van der Waals surface area contributed by atoms with Crippen molar-refractivity contribution in [1.29, 1.82) is 0 Å². The van der Waals surface area contributed by atoms with E-state index in [1.807, 2.05) is 53.6 Å².